The minimum absolute atomic E-state index is 0.124. The van der Waals surface area contributed by atoms with Gasteiger partial charge in [0.25, 0.3) is 10.0 Å². The van der Waals surface area contributed by atoms with Gasteiger partial charge in [-0.2, -0.15) is 0 Å². The molecule has 0 saturated heterocycles. The second kappa shape index (κ2) is 9.27. The number of halogens is 1. The van der Waals surface area contributed by atoms with Crippen LogP contribution < -0.4 is 10.0 Å². The zero-order valence-electron chi connectivity index (χ0n) is 14.6. The molecule has 144 valence electrons. The first-order valence-electron chi connectivity index (χ1n) is 8.28. The summed E-state index contributed by atoms with van der Waals surface area (Å²) in [5.74, 6) is 0.1000. The molecule has 0 aromatic heterocycles. The fourth-order valence-corrected chi connectivity index (χ4v) is 4.34. The SMILES string of the molecule is O=C(CSc1ccc(Br)cc1)Nc1ccc(S(=O)(=O)Nc2ccccc2)cc1. The van der Waals surface area contributed by atoms with Crippen LogP contribution >= 0.6 is 27.7 Å². The lowest BCUT2D eigenvalue weighted by atomic mass is 10.3. The van der Waals surface area contributed by atoms with Crippen molar-refractivity contribution in [2.45, 2.75) is 9.79 Å². The predicted molar refractivity (Wildman–Crippen MR) is 117 cm³/mol. The van der Waals surface area contributed by atoms with Gasteiger partial charge in [0.15, 0.2) is 0 Å². The van der Waals surface area contributed by atoms with E-state index in [1.165, 1.54) is 23.9 Å². The number of sulfonamides is 1. The quantitative estimate of drug-likeness (QED) is 0.471. The predicted octanol–water partition coefficient (Wildman–Crippen LogP) is 4.98. The largest absolute Gasteiger partial charge is 0.325 e. The van der Waals surface area contributed by atoms with Crippen molar-refractivity contribution in [3.05, 3.63) is 83.3 Å². The summed E-state index contributed by atoms with van der Waals surface area (Å²) in [6, 6.07) is 22.4. The topological polar surface area (TPSA) is 75.3 Å². The normalized spacial score (nSPS) is 11.0. The van der Waals surface area contributed by atoms with Gasteiger partial charge in [0.2, 0.25) is 5.91 Å². The van der Waals surface area contributed by atoms with E-state index in [0.717, 1.165) is 9.37 Å². The Balaban J connectivity index is 1.57. The first-order chi connectivity index (χ1) is 13.4. The number of para-hydroxylation sites is 1. The van der Waals surface area contributed by atoms with Gasteiger partial charge in [-0.25, -0.2) is 8.42 Å². The molecule has 0 unspecified atom stereocenters. The molecule has 0 saturated carbocycles. The fraction of sp³-hybridized carbons (Fsp3) is 0.0500. The Hall–Kier alpha value is -2.29. The van der Waals surface area contributed by atoms with Crippen molar-refractivity contribution in [2.24, 2.45) is 0 Å². The van der Waals surface area contributed by atoms with E-state index in [1.807, 2.05) is 30.3 Å². The van der Waals surface area contributed by atoms with Crippen LogP contribution in [0.25, 0.3) is 0 Å². The standard InChI is InChI=1S/C20H17BrN2O3S2/c21-15-6-10-18(11-7-15)27-14-20(24)22-16-8-12-19(13-9-16)28(25,26)23-17-4-2-1-3-5-17/h1-13,23H,14H2,(H,22,24). The molecular formula is C20H17BrN2O3S2. The van der Waals surface area contributed by atoms with E-state index in [-0.39, 0.29) is 16.6 Å². The van der Waals surface area contributed by atoms with Crippen LogP contribution in [0.5, 0.6) is 0 Å². The Labute approximate surface area is 176 Å². The molecule has 3 aromatic rings. The van der Waals surface area contributed by atoms with Gasteiger partial charge in [-0.1, -0.05) is 34.1 Å². The molecule has 3 rings (SSSR count). The maximum absolute atomic E-state index is 12.4. The van der Waals surface area contributed by atoms with Crippen molar-refractivity contribution < 1.29 is 13.2 Å². The molecule has 0 spiro atoms. The smallest absolute Gasteiger partial charge is 0.261 e. The number of hydrogen-bond donors (Lipinski definition) is 2. The molecule has 3 aromatic carbocycles. The summed E-state index contributed by atoms with van der Waals surface area (Å²) < 4.78 is 28.3. The van der Waals surface area contributed by atoms with Crippen molar-refractivity contribution in [2.75, 3.05) is 15.8 Å². The van der Waals surface area contributed by atoms with Gasteiger partial charge in [-0.05, 0) is 60.7 Å². The van der Waals surface area contributed by atoms with Crippen LogP contribution in [-0.4, -0.2) is 20.1 Å². The first kappa shape index (κ1) is 20.4. The van der Waals surface area contributed by atoms with Gasteiger partial charge in [0.05, 0.1) is 10.6 Å². The molecule has 0 bridgehead atoms. The Morgan fingerprint density at radius 3 is 2.14 bits per heavy atom. The molecule has 0 radical (unpaired) electrons. The molecule has 0 aliphatic carbocycles. The van der Waals surface area contributed by atoms with E-state index in [4.69, 9.17) is 0 Å². The Morgan fingerprint density at radius 1 is 0.857 bits per heavy atom. The summed E-state index contributed by atoms with van der Waals surface area (Å²) in [6.45, 7) is 0. The Morgan fingerprint density at radius 2 is 1.50 bits per heavy atom. The minimum atomic E-state index is -3.68. The summed E-state index contributed by atoms with van der Waals surface area (Å²) in [5, 5.41) is 2.77. The summed E-state index contributed by atoms with van der Waals surface area (Å²) in [7, 11) is -3.68. The number of rotatable bonds is 7. The minimum Gasteiger partial charge on any atom is -0.325 e. The lowest BCUT2D eigenvalue weighted by molar-refractivity contribution is -0.113. The van der Waals surface area contributed by atoms with Crippen LogP contribution in [0.15, 0.2) is 93.1 Å². The van der Waals surface area contributed by atoms with Gasteiger partial charge in [0.1, 0.15) is 0 Å². The number of benzene rings is 3. The molecule has 0 aliphatic heterocycles. The molecular weight excluding hydrogens is 460 g/mol. The van der Waals surface area contributed by atoms with Gasteiger partial charge in [-0.15, -0.1) is 11.8 Å². The van der Waals surface area contributed by atoms with E-state index in [1.54, 1.807) is 36.4 Å². The third-order valence-corrected chi connectivity index (χ3v) is 6.60. The average molecular weight is 477 g/mol. The van der Waals surface area contributed by atoms with E-state index < -0.39 is 10.0 Å². The van der Waals surface area contributed by atoms with Crippen LogP contribution in [0.2, 0.25) is 0 Å². The third kappa shape index (κ3) is 5.85. The average Bonchev–Trinajstić information content (AvgIpc) is 2.68. The Kier molecular flexibility index (Phi) is 6.77. The monoisotopic (exact) mass is 476 g/mol. The van der Waals surface area contributed by atoms with Crippen molar-refractivity contribution in [1.82, 2.24) is 0 Å². The molecule has 0 aliphatic rings. The molecule has 0 fully saturated rings. The van der Waals surface area contributed by atoms with Crippen LogP contribution in [0, 0.1) is 0 Å². The molecule has 0 atom stereocenters. The first-order valence-corrected chi connectivity index (χ1v) is 11.5. The molecule has 28 heavy (non-hydrogen) atoms. The lowest BCUT2D eigenvalue weighted by Gasteiger charge is -2.09. The maximum Gasteiger partial charge on any atom is 0.261 e. The highest BCUT2D eigenvalue weighted by molar-refractivity contribution is 9.10. The number of amides is 1. The summed E-state index contributed by atoms with van der Waals surface area (Å²) in [4.78, 5) is 13.2. The highest BCUT2D eigenvalue weighted by Crippen LogP contribution is 2.21. The van der Waals surface area contributed by atoms with Crippen LogP contribution in [0.1, 0.15) is 0 Å². The molecule has 1 amide bonds. The van der Waals surface area contributed by atoms with Crippen LogP contribution in [0.3, 0.4) is 0 Å². The van der Waals surface area contributed by atoms with E-state index in [2.05, 4.69) is 26.0 Å². The van der Waals surface area contributed by atoms with E-state index >= 15 is 0 Å². The second-order valence-electron chi connectivity index (χ2n) is 5.79. The molecule has 8 heteroatoms. The number of hydrogen-bond acceptors (Lipinski definition) is 4. The maximum atomic E-state index is 12.4. The summed E-state index contributed by atoms with van der Waals surface area (Å²) >= 11 is 4.80. The van der Waals surface area contributed by atoms with Gasteiger partial charge < -0.3 is 5.32 Å². The van der Waals surface area contributed by atoms with Crippen LogP contribution in [0.4, 0.5) is 11.4 Å². The van der Waals surface area contributed by atoms with Crippen molar-refractivity contribution in [3.8, 4) is 0 Å². The van der Waals surface area contributed by atoms with Crippen molar-refractivity contribution in [1.29, 1.82) is 0 Å². The molecule has 2 N–H and O–H groups in total. The summed E-state index contributed by atoms with van der Waals surface area (Å²) in [5.41, 5.74) is 1.03. The Bertz CT molecular complexity index is 1040. The number of nitrogens with one attached hydrogen (secondary N) is 2. The van der Waals surface area contributed by atoms with Gasteiger partial charge >= 0.3 is 0 Å². The number of thioether (sulfide) groups is 1. The van der Waals surface area contributed by atoms with Crippen molar-refractivity contribution in [3.63, 3.8) is 0 Å². The molecule has 5 nitrogen and oxygen atoms in total. The highest BCUT2D eigenvalue weighted by Gasteiger charge is 2.14. The van der Waals surface area contributed by atoms with Crippen LogP contribution in [-0.2, 0) is 14.8 Å². The second-order valence-corrected chi connectivity index (χ2v) is 9.43. The number of carbonyl (C=O) groups excluding carboxylic acids is 1. The zero-order valence-corrected chi connectivity index (χ0v) is 17.9. The van der Waals surface area contributed by atoms with E-state index in [0.29, 0.717) is 11.4 Å². The van der Waals surface area contributed by atoms with Gasteiger partial charge in [-0.3, -0.25) is 9.52 Å². The van der Waals surface area contributed by atoms with Gasteiger partial charge in [0, 0.05) is 20.7 Å². The zero-order chi connectivity index (χ0) is 20.0. The lowest BCUT2D eigenvalue weighted by Crippen LogP contribution is -2.15. The number of carbonyl (C=O) groups is 1. The van der Waals surface area contributed by atoms with Crippen molar-refractivity contribution >= 4 is 55.0 Å². The third-order valence-electron chi connectivity index (χ3n) is 3.66. The fourth-order valence-electron chi connectivity index (χ4n) is 2.31. The van der Waals surface area contributed by atoms with E-state index in [9.17, 15) is 13.2 Å². The molecule has 0 heterocycles. The number of anilines is 2. The highest BCUT2D eigenvalue weighted by atomic mass is 79.9. The summed E-state index contributed by atoms with van der Waals surface area (Å²) in [6.07, 6.45) is 0.